The molecule has 0 aliphatic rings. The zero-order valence-electron chi connectivity index (χ0n) is 7.80. The van der Waals surface area contributed by atoms with Crippen LogP contribution in [0, 0.1) is 0 Å². The Morgan fingerprint density at radius 1 is 1.43 bits per heavy atom. The number of hydrogen-bond acceptors (Lipinski definition) is 4. The van der Waals surface area contributed by atoms with E-state index in [1.54, 1.807) is 0 Å². The number of rotatable bonds is 4. The molecular weight excluding hydrogens is 190 g/mol. The first-order valence-electron chi connectivity index (χ1n) is 4.16. The first kappa shape index (κ1) is 10.6. The van der Waals surface area contributed by atoms with E-state index < -0.39 is 5.92 Å². The van der Waals surface area contributed by atoms with Crippen molar-refractivity contribution in [1.82, 2.24) is 9.97 Å². The van der Waals surface area contributed by atoms with Gasteiger partial charge in [0.1, 0.15) is 0 Å². The minimum absolute atomic E-state index is 0.132. The van der Waals surface area contributed by atoms with Crippen molar-refractivity contribution in [3.8, 4) is 0 Å². The number of nitrogens with zero attached hydrogens (tertiary/aromatic N) is 2. The van der Waals surface area contributed by atoms with Crippen LogP contribution in [0.15, 0.2) is 12.4 Å². The number of halogens is 2. The summed E-state index contributed by atoms with van der Waals surface area (Å²) in [6.45, 7) is 1.01. The molecule has 0 fully saturated rings. The van der Waals surface area contributed by atoms with E-state index in [1.807, 2.05) is 0 Å². The molecule has 1 heterocycles. The van der Waals surface area contributed by atoms with Gasteiger partial charge in [-0.1, -0.05) is 0 Å². The molecule has 0 atom stereocenters. The third kappa shape index (κ3) is 3.97. The molecule has 14 heavy (non-hydrogen) atoms. The Bertz CT molecular complexity index is 280. The highest BCUT2D eigenvalue weighted by molar-refractivity contribution is 5.35. The van der Waals surface area contributed by atoms with Crippen molar-refractivity contribution in [3.05, 3.63) is 12.4 Å². The average molecular weight is 202 g/mol. The highest BCUT2D eigenvalue weighted by Gasteiger charge is 2.19. The zero-order chi connectivity index (χ0) is 10.6. The Hall–Kier alpha value is -1.46. The molecule has 3 N–H and O–H groups in total. The number of aromatic nitrogens is 2. The lowest BCUT2D eigenvalue weighted by atomic mass is 10.3. The van der Waals surface area contributed by atoms with Gasteiger partial charge in [0.2, 0.25) is 11.9 Å². The van der Waals surface area contributed by atoms with Crippen molar-refractivity contribution in [2.24, 2.45) is 0 Å². The standard InChI is InChI=1S/C8H12F2N4/c1-8(9,10)2-3-12-7-13-4-6(11)5-14-7/h4-5H,2-3,11H2,1H3,(H,12,13,14). The lowest BCUT2D eigenvalue weighted by Crippen LogP contribution is -2.16. The summed E-state index contributed by atoms with van der Waals surface area (Å²) >= 11 is 0. The Morgan fingerprint density at radius 2 is 2.00 bits per heavy atom. The number of nitrogen functional groups attached to an aromatic ring is 1. The van der Waals surface area contributed by atoms with Gasteiger partial charge in [-0.2, -0.15) is 0 Å². The second-order valence-corrected chi connectivity index (χ2v) is 3.09. The zero-order valence-corrected chi connectivity index (χ0v) is 7.80. The van der Waals surface area contributed by atoms with Gasteiger partial charge in [0.25, 0.3) is 0 Å². The molecule has 0 saturated carbocycles. The first-order chi connectivity index (χ1) is 6.47. The van der Waals surface area contributed by atoms with Crippen molar-refractivity contribution in [3.63, 3.8) is 0 Å². The van der Waals surface area contributed by atoms with E-state index in [9.17, 15) is 8.78 Å². The van der Waals surface area contributed by atoms with Crippen molar-refractivity contribution < 1.29 is 8.78 Å². The molecule has 78 valence electrons. The van der Waals surface area contributed by atoms with E-state index in [0.717, 1.165) is 6.92 Å². The average Bonchev–Trinajstić information content (AvgIpc) is 2.06. The Labute approximate surface area is 80.6 Å². The molecule has 0 aliphatic heterocycles. The van der Waals surface area contributed by atoms with Gasteiger partial charge in [-0.25, -0.2) is 18.7 Å². The van der Waals surface area contributed by atoms with E-state index in [4.69, 9.17) is 5.73 Å². The number of hydrogen-bond donors (Lipinski definition) is 2. The molecule has 1 rings (SSSR count). The van der Waals surface area contributed by atoms with Crippen LogP contribution in [0.1, 0.15) is 13.3 Å². The number of anilines is 2. The maximum Gasteiger partial charge on any atom is 0.247 e. The van der Waals surface area contributed by atoms with Crippen molar-refractivity contribution in [2.75, 3.05) is 17.6 Å². The maximum absolute atomic E-state index is 12.4. The van der Waals surface area contributed by atoms with Crippen molar-refractivity contribution in [1.29, 1.82) is 0 Å². The largest absolute Gasteiger partial charge is 0.396 e. The molecule has 4 nitrogen and oxygen atoms in total. The summed E-state index contributed by atoms with van der Waals surface area (Å²) in [4.78, 5) is 7.61. The van der Waals surface area contributed by atoms with Crippen LogP contribution < -0.4 is 11.1 Å². The quantitative estimate of drug-likeness (QED) is 0.776. The van der Waals surface area contributed by atoms with Crippen LogP contribution >= 0.6 is 0 Å². The van der Waals surface area contributed by atoms with E-state index in [2.05, 4.69) is 15.3 Å². The molecular formula is C8H12F2N4. The van der Waals surface area contributed by atoms with Crippen LogP contribution in [0.5, 0.6) is 0 Å². The predicted molar refractivity (Wildman–Crippen MR) is 50.2 cm³/mol. The summed E-state index contributed by atoms with van der Waals surface area (Å²) in [5.41, 5.74) is 5.79. The SMILES string of the molecule is CC(F)(F)CCNc1ncc(N)cn1. The van der Waals surface area contributed by atoms with Crippen molar-refractivity contribution in [2.45, 2.75) is 19.3 Å². The summed E-state index contributed by atoms with van der Waals surface area (Å²) in [6.07, 6.45) is 2.58. The Balaban J connectivity index is 2.35. The Kier molecular flexibility index (Phi) is 3.16. The van der Waals surface area contributed by atoms with Gasteiger partial charge in [-0.15, -0.1) is 0 Å². The van der Waals surface area contributed by atoms with Crippen LogP contribution in [-0.2, 0) is 0 Å². The molecule has 0 radical (unpaired) electrons. The van der Waals surface area contributed by atoms with Gasteiger partial charge in [0.15, 0.2) is 0 Å². The molecule has 0 amide bonds. The number of nitrogens with one attached hydrogen (secondary N) is 1. The van der Waals surface area contributed by atoms with Crippen LogP contribution in [-0.4, -0.2) is 22.4 Å². The summed E-state index contributed by atoms with van der Waals surface area (Å²) in [6, 6.07) is 0. The van der Waals surface area contributed by atoms with Crippen molar-refractivity contribution >= 4 is 11.6 Å². The lowest BCUT2D eigenvalue weighted by molar-refractivity contribution is 0.0166. The van der Waals surface area contributed by atoms with E-state index >= 15 is 0 Å². The Morgan fingerprint density at radius 3 is 2.50 bits per heavy atom. The van der Waals surface area contributed by atoms with Crippen LogP contribution in [0.3, 0.4) is 0 Å². The highest BCUT2D eigenvalue weighted by Crippen LogP contribution is 2.16. The fourth-order valence-electron chi connectivity index (χ4n) is 0.823. The molecule has 1 aromatic rings. The minimum Gasteiger partial charge on any atom is -0.396 e. The monoisotopic (exact) mass is 202 g/mol. The van der Waals surface area contributed by atoms with Gasteiger partial charge in [-0.3, -0.25) is 0 Å². The maximum atomic E-state index is 12.4. The third-order valence-electron chi connectivity index (χ3n) is 1.52. The fraction of sp³-hybridized carbons (Fsp3) is 0.500. The minimum atomic E-state index is -2.67. The molecule has 0 aliphatic carbocycles. The molecule has 6 heteroatoms. The second kappa shape index (κ2) is 4.17. The molecule has 0 aromatic carbocycles. The molecule has 0 unspecified atom stereocenters. The van der Waals surface area contributed by atoms with E-state index in [-0.39, 0.29) is 13.0 Å². The molecule has 0 bridgehead atoms. The summed E-state index contributed by atoms with van der Waals surface area (Å²) in [7, 11) is 0. The van der Waals surface area contributed by atoms with Gasteiger partial charge in [-0.05, 0) is 6.92 Å². The molecule has 0 spiro atoms. The topological polar surface area (TPSA) is 63.8 Å². The van der Waals surface area contributed by atoms with Gasteiger partial charge in [0.05, 0.1) is 18.1 Å². The van der Waals surface area contributed by atoms with E-state index in [1.165, 1.54) is 12.4 Å². The molecule has 1 aromatic heterocycles. The summed E-state index contributed by atoms with van der Waals surface area (Å²) in [5, 5.41) is 2.67. The van der Waals surface area contributed by atoms with Gasteiger partial charge < -0.3 is 11.1 Å². The van der Waals surface area contributed by atoms with Crippen LogP contribution in [0.25, 0.3) is 0 Å². The number of alkyl halides is 2. The summed E-state index contributed by atoms with van der Waals surface area (Å²) < 4.78 is 24.8. The highest BCUT2D eigenvalue weighted by atomic mass is 19.3. The summed E-state index contributed by atoms with van der Waals surface area (Å²) in [5.74, 6) is -2.36. The fourth-order valence-corrected chi connectivity index (χ4v) is 0.823. The van der Waals surface area contributed by atoms with E-state index in [0.29, 0.717) is 11.6 Å². The predicted octanol–water partition coefficient (Wildman–Crippen LogP) is 1.52. The van der Waals surface area contributed by atoms with Gasteiger partial charge in [0, 0.05) is 13.0 Å². The second-order valence-electron chi connectivity index (χ2n) is 3.09. The third-order valence-corrected chi connectivity index (χ3v) is 1.52. The van der Waals surface area contributed by atoms with Gasteiger partial charge >= 0.3 is 0 Å². The van der Waals surface area contributed by atoms with Crippen LogP contribution in [0.2, 0.25) is 0 Å². The normalized spacial score (nSPS) is 11.4. The molecule has 0 saturated heterocycles. The smallest absolute Gasteiger partial charge is 0.247 e. The van der Waals surface area contributed by atoms with Crippen LogP contribution in [0.4, 0.5) is 20.4 Å². The number of nitrogens with two attached hydrogens (primary N) is 1. The first-order valence-corrected chi connectivity index (χ1v) is 4.16. The lowest BCUT2D eigenvalue weighted by Gasteiger charge is -2.10.